The van der Waals surface area contributed by atoms with Crippen molar-refractivity contribution in [2.45, 2.75) is 25.9 Å². The molecule has 7 nitrogen and oxygen atoms in total. The zero-order chi connectivity index (χ0) is 20.6. The first kappa shape index (κ1) is 24.3. The van der Waals surface area contributed by atoms with E-state index >= 15 is 0 Å². The van der Waals surface area contributed by atoms with Gasteiger partial charge in [-0.3, -0.25) is 4.99 Å². The molecule has 0 amide bonds. The molecule has 1 aromatic heterocycles. The number of ether oxygens (including phenoxy) is 2. The highest BCUT2D eigenvalue weighted by Crippen LogP contribution is 2.28. The number of hydrogen-bond donors (Lipinski definition) is 2. The Labute approximate surface area is 200 Å². The minimum absolute atomic E-state index is 0. The molecular formula is C21H29ClIN5O2. The summed E-state index contributed by atoms with van der Waals surface area (Å²) in [6, 6.07) is 9.92. The normalized spacial score (nSPS) is 16.1. The number of aliphatic imine (C=N–C) groups is 1. The summed E-state index contributed by atoms with van der Waals surface area (Å²) in [7, 11) is 3.42. The molecule has 0 spiro atoms. The molecule has 1 aliphatic heterocycles. The number of halogens is 2. The molecule has 164 valence electrons. The molecule has 30 heavy (non-hydrogen) atoms. The zero-order valence-corrected chi connectivity index (χ0v) is 20.6. The molecule has 3 rings (SSSR count). The third-order valence-electron chi connectivity index (χ3n) is 4.78. The van der Waals surface area contributed by atoms with Gasteiger partial charge in [0.15, 0.2) is 17.5 Å². The average Bonchev–Trinajstić information content (AvgIpc) is 3.20. The molecule has 0 bridgehead atoms. The van der Waals surface area contributed by atoms with Crippen molar-refractivity contribution in [1.82, 2.24) is 15.6 Å². The maximum absolute atomic E-state index is 6.28. The van der Waals surface area contributed by atoms with Crippen LogP contribution in [0, 0.1) is 0 Å². The molecule has 9 heteroatoms. The zero-order valence-electron chi connectivity index (χ0n) is 17.5. The quantitative estimate of drug-likeness (QED) is 0.314. The number of anilines is 1. The van der Waals surface area contributed by atoms with E-state index in [1.807, 2.05) is 37.3 Å². The summed E-state index contributed by atoms with van der Waals surface area (Å²) < 4.78 is 11.0. The molecular weight excluding hydrogens is 517 g/mol. The Morgan fingerprint density at radius 2 is 2.17 bits per heavy atom. The summed E-state index contributed by atoms with van der Waals surface area (Å²) in [5, 5.41) is 7.53. The van der Waals surface area contributed by atoms with Crippen LogP contribution in [0.2, 0.25) is 5.02 Å². The van der Waals surface area contributed by atoms with E-state index in [9.17, 15) is 0 Å². The lowest BCUT2D eigenvalue weighted by Gasteiger charge is -2.20. The highest BCUT2D eigenvalue weighted by molar-refractivity contribution is 14.0. The number of rotatable bonds is 7. The predicted molar refractivity (Wildman–Crippen MR) is 133 cm³/mol. The average molecular weight is 546 g/mol. The van der Waals surface area contributed by atoms with Crippen LogP contribution in [0.4, 0.5) is 5.82 Å². The number of hydrogen-bond acceptors (Lipinski definition) is 5. The van der Waals surface area contributed by atoms with Crippen LogP contribution in [-0.4, -0.2) is 50.8 Å². The van der Waals surface area contributed by atoms with Crippen molar-refractivity contribution in [3.8, 4) is 11.5 Å². The predicted octanol–water partition coefficient (Wildman–Crippen LogP) is 3.70. The third-order valence-corrected chi connectivity index (χ3v) is 5.07. The van der Waals surface area contributed by atoms with Gasteiger partial charge in [-0.2, -0.15) is 0 Å². The first-order valence-corrected chi connectivity index (χ1v) is 10.1. The fraction of sp³-hybridized carbons (Fsp3) is 0.429. The summed E-state index contributed by atoms with van der Waals surface area (Å²) >= 11 is 6.28. The van der Waals surface area contributed by atoms with Crippen molar-refractivity contribution in [3.05, 3.63) is 47.1 Å². The Kier molecular flexibility index (Phi) is 9.77. The first-order chi connectivity index (χ1) is 14.1. The Balaban J connectivity index is 0.00000320. The molecule has 1 aromatic carbocycles. The van der Waals surface area contributed by atoms with Crippen molar-refractivity contribution in [1.29, 1.82) is 0 Å². The molecule has 2 aromatic rings. The van der Waals surface area contributed by atoms with Crippen LogP contribution in [0.3, 0.4) is 0 Å². The first-order valence-electron chi connectivity index (χ1n) is 9.77. The van der Waals surface area contributed by atoms with Crippen molar-refractivity contribution in [2.24, 2.45) is 4.99 Å². The largest absolute Gasteiger partial charge is 0.493 e. The van der Waals surface area contributed by atoms with Crippen LogP contribution in [0.15, 0.2) is 41.5 Å². The molecule has 1 unspecified atom stereocenters. The van der Waals surface area contributed by atoms with Gasteiger partial charge in [0.1, 0.15) is 5.82 Å². The highest BCUT2D eigenvalue weighted by Gasteiger charge is 2.25. The van der Waals surface area contributed by atoms with Crippen LogP contribution in [0.1, 0.15) is 18.9 Å². The van der Waals surface area contributed by atoms with Crippen molar-refractivity contribution in [2.75, 3.05) is 38.8 Å². The van der Waals surface area contributed by atoms with Crippen LogP contribution < -0.4 is 25.0 Å². The lowest BCUT2D eigenvalue weighted by atomic mass is 10.2. The van der Waals surface area contributed by atoms with Gasteiger partial charge in [0, 0.05) is 38.9 Å². The molecule has 0 saturated carbocycles. The van der Waals surface area contributed by atoms with Gasteiger partial charge in [-0.25, -0.2) is 4.98 Å². The van der Waals surface area contributed by atoms with Crippen LogP contribution in [0.5, 0.6) is 11.5 Å². The fourth-order valence-electron chi connectivity index (χ4n) is 3.35. The van der Waals surface area contributed by atoms with Gasteiger partial charge in [0.2, 0.25) is 0 Å². The van der Waals surface area contributed by atoms with Gasteiger partial charge in [0.25, 0.3) is 0 Å². The Hall–Kier alpha value is -1.94. The lowest BCUT2D eigenvalue weighted by molar-refractivity contribution is 0.310. The molecule has 1 aliphatic rings. The monoisotopic (exact) mass is 545 g/mol. The van der Waals surface area contributed by atoms with Gasteiger partial charge < -0.3 is 25.0 Å². The van der Waals surface area contributed by atoms with Crippen LogP contribution in [0.25, 0.3) is 0 Å². The SMILES string of the molecule is CCOc1ccc(CNC(=NC)NC2CCN(c3ncccc3Cl)C2)cc1OC.I. The number of nitrogens with one attached hydrogen (secondary N) is 2. The Morgan fingerprint density at radius 3 is 2.87 bits per heavy atom. The number of pyridine rings is 1. The standard InChI is InChI=1S/C21H28ClN5O2.HI/c1-4-29-18-8-7-15(12-19(18)28-3)13-25-21(23-2)26-16-9-11-27(14-16)20-17(22)6-5-10-24-20;/h5-8,10,12,16H,4,9,11,13-14H2,1-3H3,(H2,23,25,26);1H. The van der Waals surface area contributed by atoms with Crippen molar-refractivity contribution >= 4 is 47.4 Å². The molecule has 0 radical (unpaired) electrons. The number of guanidine groups is 1. The topological polar surface area (TPSA) is 71.0 Å². The minimum Gasteiger partial charge on any atom is -0.493 e. The summed E-state index contributed by atoms with van der Waals surface area (Å²) in [6.07, 6.45) is 2.76. The van der Waals surface area contributed by atoms with E-state index in [1.54, 1.807) is 20.4 Å². The number of benzene rings is 1. The van der Waals surface area contributed by atoms with Gasteiger partial charge in [-0.05, 0) is 43.2 Å². The number of aromatic nitrogens is 1. The van der Waals surface area contributed by atoms with E-state index in [0.717, 1.165) is 48.4 Å². The smallest absolute Gasteiger partial charge is 0.191 e. The molecule has 2 heterocycles. The third kappa shape index (κ3) is 6.28. The molecule has 1 saturated heterocycles. The van der Waals surface area contributed by atoms with E-state index in [-0.39, 0.29) is 30.0 Å². The number of nitrogens with zero attached hydrogens (tertiary/aromatic N) is 3. The van der Waals surface area contributed by atoms with Gasteiger partial charge >= 0.3 is 0 Å². The minimum atomic E-state index is 0. The molecule has 2 N–H and O–H groups in total. The van der Waals surface area contributed by atoms with Crippen LogP contribution >= 0.6 is 35.6 Å². The van der Waals surface area contributed by atoms with Gasteiger partial charge in [-0.1, -0.05) is 17.7 Å². The second kappa shape index (κ2) is 12.0. The number of methoxy groups -OCH3 is 1. The lowest BCUT2D eigenvalue weighted by Crippen LogP contribution is -2.44. The maximum atomic E-state index is 6.28. The Bertz CT molecular complexity index is 852. The van der Waals surface area contributed by atoms with E-state index in [0.29, 0.717) is 18.2 Å². The second-order valence-electron chi connectivity index (χ2n) is 6.73. The van der Waals surface area contributed by atoms with Crippen molar-refractivity contribution < 1.29 is 9.47 Å². The maximum Gasteiger partial charge on any atom is 0.191 e. The molecule has 0 aliphatic carbocycles. The summed E-state index contributed by atoms with van der Waals surface area (Å²) in [4.78, 5) is 11.0. The van der Waals surface area contributed by atoms with E-state index < -0.39 is 0 Å². The van der Waals surface area contributed by atoms with Gasteiger partial charge in [-0.15, -0.1) is 24.0 Å². The molecule has 1 fully saturated rings. The molecule has 1 atom stereocenters. The summed E-state index contributed by atoms with van der Waals surface area (Å²) in [5.74, 6) is 3.08. The second-order valence-corrected chi connectivity index (χ2v) is 7.14. The van der Waals surface area contributed by atoms with Crippen LogP contribution in [-0.2, 0) is 6.54 Å². The Morgan fingerprint density at radius 1 is 1.33 bits per heavy atom. The highest BCUT2D eigenvalue weighted by atomic mass is 127. The van der Waals surface area contributed by atoms with E-state index in [4.69, 9.17) is 21.1 Å². The van der Waals surface area contributed by atoms with Crippen molar-refractivity contribution in [3.63, 3.8) is 0 Å². The van der Waals surface area contributed by atoms with E-state index in [2.05, 4.69) is 25.5 Å². The fourth-order valence-corrected chi connectivity index (χ4v) is 3.59. The van der Waals surface area contributed by atoms with E-state index in [1.165, 1.54) is 0 Å². The summed E-state index contributed by atoms with van der Waals surface area (Å²) in [6.45, 7) is 4.92. The van der Waals surface area contributed by atoms with Gasteiger partial charge in [0.05, 0.1) is 18.7 Å². The summed E-state index contributed by atoms with van der Waals surface area (Å²) in [5.41, 5.74) is 1.08.